The maximum Gasteiger partial charge on any atom is 0.191 e. The van der Waals surface area contributed by atoms with Crippen LogP contribution in [0.3, 0.4) is 0 Å². The summed E-state index contributed by atoms with van der Waals surface area (Å²) < 4.78 is 18.8. The number of rotatable bonds is 5. The molecule has 0 radical (unpaired) electrons. The third kappa shape index (κ3) is 6.73. The van der Waals surface area contributed by atoms with E-state index in [2.05, 4.69) is 20.5 Å². The molecule has 0 aromatic heterocycles. The van der Waals surface area contributed by atoms with Crippen LogP contribution in [0, 0.1) is 5.82 Å². The Morgan fingerprint density at radius 3 is 2.68 bits per heavy atom. The lowest BCUT2D eigenvalue weighted by atomic mass is 9.95. The Bertz CT molecular complexity index is 632. The van der Waals surface area contributed by atoms with Crippen LogP contribution < -0.4 is 15.5 Å². The van der Waals surface area contributed by atoms with E-state index in [4.69, 9.17) is 4.74 Å². The summed E-state index contributed by atoms with van der Waals surface area (Å²) >= 11 is 0. The summed E-state index contributed by atoms with van der Waals surface area (Å²) in [5.74, 6) is 0.557. The summed E-state index contributed by atoms with van der Waals surface area (Å²) in [4.78, 5) is 6.84. The van der Waals surface area contributed by atoms with E-state index < -0.39 is 5.60 Å². The molecular weight excluding hydrogens is 474 g/mol. The van der Waals surface area contributed by atoms with Crippen LogP contribution in [-0.4, -0.2) is 62.1 Å². The number of guanidine groups is 1. The van der Waals surface area contributed by atoms with Crippen molar-refractivity contribution in [1.29, 1.82) is 0 Å². The van der Waals surface area contributed by atoms with Gasteiger partial charge < -0.3 is 25.4 Å². The first-order valence-corrected chi connectivity index (χ1v) is 9.93. The van der Waals surface area contributed by atoms with Crippen LogP contribution in [0.25, 0.3) is 0 Å². The van der Waals surface area contributed by atoms with Gasteiger partial charge in [0.05, 0.1) is 12.1 Å². The van der Waals surface area contributed by atoms with Gasteiger partial charge in [-0.15, -0.1) is 24.0 Å². The SMILES string of the molecule is CCNC(=NCC1(O)CCOCC1)NC1CCN(c2cccc(F)c2)CC1.I. The van der Waals surface area contributed by atoms with E-state index in [1.54, 1.807) is 12.1 Å². The Balaban J connectivity index is 0.00000280. The highest BCUT2D eigenvalue weighted by Crippen LogP contribution is 2.22. The van der Waals surface area contributed by atoms with Gasteiger partial charge in [-0.1, -0.05) is 6.07 Å². The van der Waals surface area contributed by atoms with Crippen molar-refractivity contribution < 1.29 is 14.2 Å². The lowest BCUT2D eigenvalue weighted by molar-refractivity contribution is -0.0566. The van der Waals surface area contributed by atoms with E-state index in [0.29, 0.717) is 38.6 Å². The molecule has 2 aliphatic heterocycles. The van der Waals surface area contributed by atoms with Crippen molar-refractivity contribution in [2.45, 2.75) is 44.2 Å². The number of aliphatic hydroxyl groups is 1. The quantitative estimate of drug-likeness (QED) is 0.326. The monoisotopic (exact) mass is 506 g/mol. The third-order valence-corrected chi connectivity index (χ3v) is 5.31. The maximum atomic E-state index is 13.4. The van der Waals surface area contributed by atoms with Crippen molar-refractivity contribution in [3.05, 3.63) is 30.1 Å². The molecule has 2 fully saturated rings. The molecule has 1 aromatic carbocycles. The van der Waals surface area contributed by atoms with Gasteiger partial charge in [-0.25, -0.2) is 4.39 Å². The van der Waals surface area contributed by atoms with Gasteiger partial charge in [-0.3, -0.25) is 4.99 Å². The molecule has 2 heterocycles. The number of hydrogen-bond acceptors (Lipinski definition) is 4. The fourth-order valence-corrected chi connectivity index (χ4v) is 3.60. The molecule has 158 valence electrons. The lowest BCUT2D eigenvalue weighted by Gasteiger charge is -2.35. The van der Waals surface area contributed by atoms with Gasteiger partial charge in [0.25, 0.3) is 0 Å². The smallest absolute Gasteiger partial charge is 0.191 e. The van der Waals surface area contributed by atoms with E-state index in [1.807, 2.05) is 13.0 Å². The normalized spacial score (nSPS) is 20.4. The summed E-state index contributed by atoms with van der Waals surface area (Å²) in [5.41, 5.74) is 0.178. The van der Waals surface area contributed by atoms with Crippen molar-refractivity contribution in [1.82, 2.24) is 10.6 Å². The van der Waals surface area contributed by atoms with Crippen LogP contribution in [0.4, 0.5) is 10.1 Å². The first-order valence-electron chi connectivity index (χ1n) is 9.93. The summed E-state index contributed by atoms with van der Waals surface area (Å²) in [6.07, 6.45) is 3.17. The van der Waals surface area contributed by atoms with Crippen molar-refractivity contribution in [3.8, 4) is 0 Å². The van der Waals surface area contributed by atoms with Crippen LogP contribution in [0.2, 0.25) is 0 Å². The molecule has 0 aliphatic carbocycles. The summed E-state index contributed by atoms with van der Waals surface area (Å²) in [7, 11) is 0. The first-order chi connectivity index (χ1) is 13.1. The number of anilines is 1. The molecule has 2 saturated heterocycles. The fraction of sp³-hybridized carbons (Fsp3) is 0.650. The van der Waals surface area contributed by atoms with E-state index in [1.165, 1.54) is 6.07 Å². The minimum Gasteiger partial charge on any atom is -0.388 e. The van der Waals surface area contributed by atoms with Gasteiger partial charge in [0.15, 0.2) is 5.96 Å². The molecule has 0 spiro atoms. The second-order valence-corrected chi connectivity index (χ2v) is 7.42. The average molecular weight is 506 g/mol. The Kier molecular flexibility index (Phi) is 9.23. The third-order valence-electron chi connectivity index (χ3n) is 5.31. The molecule has 6 nitrogen and oxygen atoms in total. The standard InChI is InChI=1S/C20H31FN4O2.HI/c1-2-22-19(23-15-20(26)8-12-27-13-9-20)24-17-6-10-25(11-7-17)18-5-3-4-16(21)14-18;/h3-5,14,17,26H,2,6-13,15H2,1H3,(H2,22,23,24);1H. The molecule has 1 aromatic rings. The highest BCUT2D eigenvalue weighted by molar-refractivity contribution is 14.0. The zero-order chi connectivity index (χ0) is 19.1. The van der Waals surface area contributed by atoms with Crippen molar-refractivity contribution in [2.24, 2.45) is 4.99 Å². The van der Waals surface area contributed by atoms with Crippen molar-refractivity contribution >= 4 is 35.6 Å². The summed E-state index contributed by atoms with van der Waals surface area (Å²) in [6, 6.07) is 7.09. The van der Waals surface area contributed by atoms with Crippen LogP contribution in [-0.2, 0) is 4.74 Å². The van der Waals surface area contributed by atoms with Crippen LogP contribution in [0.1, 0.15) is 32.6 Å². The number of hydrogen-bond donors (Lipinski definition) is 3. The Morgan fingerprint density at radius 1 is 1.32 bits per heavy atom. The maximum absolute atomic E-state index is 13.4. The minimum atomic E-state index is -0.763. The molecule has 0 amide bonds. The molecule has 3 rings (SSSR count). The van der Waals surface area contributed by atoms with E-state index >= 15 is 0 Å². The molecule has 8 heteroatoms. The highest BCUT2D eigenvalue weighted by Gasteiger charge is 2.30. The molecule has 2 aliphatic rings. The second kappa shape index (κ2) is 11.2. The second-order valence-electron chi connectivity index (χ2n) is 7.42. The number of nitrogens with zero attached hydrogens (tertiary/aromatic N) is 2. The number of piperidine rings is 1. The number of aliphatic imine (C=N–C) groups is 1. The van der Waals surface area contributed by atoms with Gasteiger partial charge in [0, 0.05) is 57.4 Å². The molecule has 28 heavy (non-hydrogen) atoms. The van der Waals surface area contributed by atoms with Gasteiger partial charge in [-0.05, 0) is 38.0 Å². The minimum absolute atomic E-state index is 0. The van der Waals surface area contributed by atoms with Crippen molar-refractivity contribution in [2.75, 3.05) is 44.3 Å². The largest absolute Gasteiger partial charge is 0.388 e. The number of benzene rings is 1. The molecule has 0 atom stereocenters. The van der Waals surface area contributed by atoms with Gasteiger partial charge in [0.2, 0.25) is 0 Å². The van der Waals surface area contributed by atoms with Crippen molar-refractivity contribution in [3.63, 3.8) is 0 Å². The first kappa shape index (κ1) is 23.2. The Hall–Kier alpha value is -1.13. The zero-order valence-corrected chi connectivity index (χ0v) is 18.8. The lowest BCUT2D eigenvalue weighted by Crippen LogP contribution is -2.49. The van der Waals surface area contributed by atoms with Gasteiger partial charge in [-0.2, -0.15) is 0 Å². The fourth-order valence-electron chi connectivity index (χ4n) is 3.60. The number of halogens is 2. The topological polar surface area (TPSA) is 69.1 Å². The summed E-state index contributed by atoms with van der Waals surface area (Å²) in [5, 5.41) is 17.4. The Labute approximate surface area is 184 Å². The predicted molar refractivity (Wildman–Crippen MR) is 121 cm³/mol. The molecule has 0 saturated carbocycles. The average Bonchev–Trinajstić information content (AvgIpc) is 2.68. The Morgan fingerprint density at radius 2 is 2.04 bits per heavy atom. The van der Waals surface area contributed by atoms with Crippen LogP contribution in [0.5, 0.6) is 0 Å². The number of nitrogens with one attached hydrogen (secondary N) is 2. The highest BCUT2D eigenvalue weighted by atomic mass is 127. The van der Waals surface area contributed by atoms with Crippen LogP contribution in [0.15, 0.2) is 29.3 Å². The summed E-state index contributed by atoms with van der Waals surface area (Å²) in [6.45, 7) is 6.13. The van der Waals surface area contributed by atoms with Gasteiger partial charge in [0.1, 0.15) is 5.82 Å². The van der Waals surface area contributed by atoms with Crippen LogP contribution >= 0.6 is 24.0 Å². The molecule has 3 N–H and O–H groups in total. The van der Waals surface area contributed by atoms with Gasteiger partial charge >= 0.3 is 0 Å². The zero-order valence-electron chi connectivity index (χ0n) is 16.5. The molecule has 0 unspecified atom stereocenters. The molecular formula is C20H32FIN4O2. The van der Waals surface area contributed by atoms with E-state index in [9.17, 15) is 9.50 Å². The predicted octanol–water partition coefficient (Wildman–Crippen LogP) is 2.51. The van der Waals surface area contributed by atoms with E-state index in [0.717, 1.165) is 44.1 Å². The molecule has 0 bridgehead atoms. The number of ether oxygens (including phenoxy) is 1. The van der Waals surface area contributed by atoms with E-state index in [-0.39, 0.29) is 29.8 Å².